The zero-order valence-corrected chi connectivity index (χ0v) is 15.3. The maximum atomic E-state index is 12.2. The second-order valence-electron chi connectivity index (χ2n) is 7.12. The Morgan fingerprint density at radius 1 is 1.22 bits per heavy atom. The van der Waals surface area contributed by atoms with E-state index in [1.165, 1.54) is 28.9 Å². The highest BCUT2D eigenvalue weighted by Crippen LogP contribution is 2.27. The minimum Gasteiger partial charge on any atom is -0.350 e. The van der Waals surface area contributed by atoms with Crippen LogP contribution in [0.4, 0.5) is 0 Å². The maximum Gasteiger partial charge on any atom is 0.240 e. The fourth-order valence-corrected chi connectivity index (χ4v) is 3.56. The molecule has 0 atom stereocenters. The molecule has 0 heterocycles. The summed E-state index contributed by atoms with van der Waals surface area (Å²) in [4.78, 5) is 26.7. The third kappa shape index (κ3) is 5.57. The van der Waals surface area contributed by atoms with E-state index < -0.39 is 0 Å². The summed E-state index contributed by atoms with van der Waals surface area (Å²) in [6.45, 7) is 5.88. The molecule has 4 nitrogen and oxygen atoms in total. The molecule has 0 aromatic heterocycles. The first-order chi connectivity index (χ1) is 10.7. The molecule has 1 aliphatic rings. The Morgan fingerprint density at radius 2 is 1.91 bits per heavy atom. The second kappa shape index (κ2) is 7.39. The van der Waals surface area contributed by atoms with Gasteiger partial charge in [0.05, 0.1) is 12.3 Å². The molecule has 1 aromatic carbocycles. The van der Waals surface area contributed by atoms with Gasteiger partial charge in [0, 0.05) is 17.5 Å². The van der Waals surface area contributed by atoms with E-state index in [-0.39, 0.29) is 23.9 Å². The van der Waals surface area contributed by atoms with Crippen LogP contribution >= 0.6 is 11.8 Å². The number of fused-ring (bicyclic) bond motifs is 1. The van der Waals surface area contributed by atoms with E-state index in [2.05, 4.69) is 23.5 Å². The summed E-state index contributed by atoms with van der Waals surface area (Å²) < 4.78 is 0. The lowest BCUT2D eigenvalue weighted by Gasteiger charge is -2.23. The lowest BCUT2D eigenvalue weighted by molar-refractivity contribution is -0.133. The van der Waals surface area contributed by atoms with Crippen molar-refractivity contribution in [2.24, 2.45) is 0 Å². The van der Waals surface area contributed by atoms with Gasteiger partial charge in [-0.2, -0.15) is 0 Å². The number of carbonyl (C=O) groups is 2. The number of hydrogen-bond donors (Lipinski definition) is 1. The lowest BCUT2D eigenvalue weighted by Crippen LogP contribution is -2.46. The van der Waals surface area contributed by atoms with Crippen molar-refractivity contribution in [3.63, 3.8) is 0 Å². The van der Waals surface area contributed by atoms with Crippen LogP contribution in [0.5, 0.6) is 0 Å². The fourth-order valence-electron chi connectivity index (χ4n) is 2.65. The van der Waals surface area contributed by atoms with E-state index in [1.807, 2.05) is 20.8 Å². The number of aryl methyl sites for hydroxylation is 2. The van der Waals surface area contributed by atoms with E-state index in [0.29, 0.717) is 5.75 Å². The number of benzene rings is 1. The summed E-state index contributed by atoms with van der Waals surface area (Å²) in [5.41, 5.74) is 2.58. The largest absolute Gasteiger partial charge is 0.350 e. The average molecular weight is 334 g/mol. The number of nitrogens with zero attached hydrogens (tertiary/aromatic N) is 1. The van der Waals surface area contributed by atoms with Gasteiger partial charge in [0.25, 0.3) is 0 Å². The van der Waals surface area contributed by atoms with Crippen LogP contribution in [0.15, 0.2) is 23.1 Å². The van der Waals surface area contributed by atoms with E-state index >= 15 is 0 Å². The lowest BCUT2D eigenvalue weighted by atomic mass is 10.1. The van der Waals surface area contributed by atoms with E-state index in [0.717, 1.165) is 11.3 Å². The van der Waals surface area contributed by atoms with Crippen LogP contribution in [0.25, 0.3) is 0 Å². The van der Waals surface area contributed by atoms with E-state index in [4.69, 9.17) is 0 Å². The quantitative estimate of drug-likeness (QED) is 0.842. The van der Waals surface area contributed by atoms with Gasteiger partial charge < -0.3 is 10.2 Å². The first-order valence-electron chi connectivity index (χ1n) is 8.04. The second-order valence-corrected chi connectivity index (χ2v) is 8.17. The molecule has 1 N–H and O–H groups in total. The van der Waals surface area contributed by atoms with Gasteiger partial charge in [-0.3, -0.25) is 9.59 Å². The van der Waals surface area contributed by atoms with Gasteiger partial charge in [-0.25, -0.2) is 0 Å². The molecular weight excluding hydrogens is 308 g/mol. The minimum absolute atomic E-state index is 0.0282. The number of amides is 2. The number of nitrogens with one attached hydrogen (secondary N) is 1. The molecule has 5 heteroatoms. The molecule has 0 bridgehead atoms. The molecular formula is C18H26N2O2S. The van der Waals surface area contributed by atoms with Crippen LogP contribution in [-0.4, -0.2) is 41.6 Å². The van der Waals surface area contributed by atoms with Crippen molar-refractivity contribution in [1.82, 2.24) is 10.2 Å². The smallest absolute Gasteiger partial charge is 0.240 e. The first-order valence-corrected chi connectivity index (χ1v) is 9.03. The van der Waals surface area contributed by atoms with Gasteiger partial charge >= 0.3 is 0 Å². The van der Waals surface area contributed by atoms with Crippen molar-refractivity contribution < 1.29 is 9.59 Å². The van der Waals surface area contributed by atoms with Crippen LogP contribution in [0, 0.1) is 0 Å². The van der Waals surface area contributed by atoms with Crippen LogP contribution in [-0.2, 0) is 22.4 Å². The van der Waals surface area contributed by atoms with Gasteiger partial charge in [0.1, 0.15) is 0 Å². The highest BCUT2D eigenvalue weighted by atomic mass is 32.2. The van der Waals surface area contributed by atoms with Gasteiger partial charge in [0.15, 0.2) is 0 Å². The Hall–Kier alpha value is -1.49. The molecule has 2 amide bonds. The Kier molecular flexibility index (Phi) is 5.74. The van der Waals surface area contributed by atoms with Gasteiger partial charge in [-0.15, -0.1) is 11.8 Å². The SMILES string of the molecule is CN(CC(=O)NC(C)(C)C)C(=O)CSc1ccc2c(c1)CCC2. The molecule has 0 spiro atoms. The molecule has 2 rings (SSSR count). The number of thioether (sulfide) groups is 1. The van der Waals surface area contributed by atoms with E-state index in [1.54, 1.807) is 18.8 Å². The predicted molar refractivity (Wildman–Crippen MR) is 94.7 cm³/mol. The molecule has 0 aliphatic heterocycles. The summed E-state index contributed by atoms with van der Waals surface area (Å²) >= 11 is 1.54. The van der Waals surface area contributed by atoms with Crippen molar-refractivity contribution in [2.45, 2.75) is 50.5 Å². The van der Waals surface area contributed by atoms with Crippen molar-refractivity contribution in [3.8, 4) is 0 Å². The Bertz CT molecular complexity index is 593. The molecule has 126 valence electrons. The Balaban J connectivity index is 1.81. The normalized spacial score (nSPS) is 13.6. The van der Waals surface area contributed by atoms with Crippen LogP contribution in [0.2, 0.25) is 0 Å². The highest BCUT2D eigenvalue weighted by Gasteiger charge is 2.18. The first kappa shape index (κ1) is 17.9. The third-order valence-electron chi connectivity index (χ3n) is 3.75. The molecule has 1 aromatic rings. The Morgan fingerprint density at radius 3 is 2.61 bits per heavy atom. The summed E-state index contributed by atoms with van der Waals surface area (Å²) in [5, 5.41) is 2.87. The van der Waals surface area contributed by atoms with Gasteiger partial charge in [-0.05, 0) is 63.3 Å². The summed E-state index contributed by atoms with van der Waals surface area (Å²) in [5.74, 6) is 0.202. The number of hydrogen-bond acceptors (Lipinski definition) is 3. The van der Waals surface area contributed by atoms with Gasteiger partial charge in [-0.1, -0.05) is 6.07 Å². The maximum absolute atomic E-state index is 12.2. The van der Waals surface area contributed by atoms with Crippen molar-refractivity contribution in [3.05, 3.63) is 29.3 Å². The third-order valence-corrected chi connectivity index (χ3v) is 4.73. The average Bonchev–Trinajstić information content (AvgIpc) is 2.89. The van der Waals surface area contributed by atoms with Crippen molar-refractivity contribution >= 4 is 23.6 Å². The molecule has 0 unspecified atom stereocenters. The summed E-state index contributed by atoms with van der Waals surface area (Å²) in [6.07, 6.45) is 3.55. The number of carbonyl (C=O) groups excluding carboxylic acids is 2. The molecule has 0 radical (unpaired) electrons. The molecule has 1 aliphatic carbocycles. The van der Waals surface area contributed by atoms with Crippen LogP contribution in [0.3, 0.4) is 0 Å². The molecule has 0 saturated heterocycles. The Labute approximate surface area is 143 Å². The zero-order chi connectivity index (χ0) is 17.0. The molecule has 0 fully saturated rings. The monoisotopic (exact) mass is 334 g/mol. The van der Waals surface area contributed by atoms with Crippen LogP contribution < -0.4 is 5.32 Å². The fraction of sp³-hybridized carbons (Fsp3) is 0.556. The molecule has 0 saturated carbocycles. The molecule has 23 heavy (non-hydrogen) atoms. The number of likely N-dealkylation sites (N-methyl/N-ethyl adjacent to an activating group) is 1. The zero-order valence-electron chi connectivity index (χ0n) is 14.4. The van der Waals surface area contributed by atoms with Crippen molar-refractivity contribution in [1.29, 1.82) is 0 Å². The van der Waals surface area contributed by atoms with Crippen LogP contribution in [0.1, 0.15) is 38.3 Å². The minimum atomic E-state index is -0.278. The summed E-state index contributed by atoms with van der Waals surface area (Å²) in [7, 11) is 1.67. The topological polar surface area (TPSA) is 49.4 Å². The van der Waals surface area contributed by atoms with Gasteiger partial charge in [0.2, 0.25) is 11.8 Å². The summed E-state index contributed by atoms with van der Waals surface area (Å²) in [6, 6.07) is 6.47. The standard InChI is InChI=1S/C18H26N2O2S/c1-18(2,3)19-16(21)11-20(4)17(22)12-23-15-9-8-13-6-5-7-14(13)10-15/h8-10H,5-7,11-12H2,1-4H3,(H,19,21). The highest BCUT2D eigenvalue weighted by molar-refractivity contribution is 8.00. The van der Waals surface area contributed by atoms with Crippen molar-refractivity contribution in [2.75, 3.05) is 19.3 Å². The number of rotatable bonds is 5. The van der Waals surface area contributed by atoms with E-state index in [9.17, 15) is 9.59 Å². The predicted octanol–water partition coefficient (Wildman–Crippen LogP) is 2.64.